The molecule has 20 heavy (non-hydrogen) atoms. The van der Waals surface area contributed by atoms with Crippen molar-refractivity contribution in [3.8, 4) is 17.1 Å². The van der Waals surface area contributed by atoms with E-state index in [-0.39, 0.29) is 0 Å². The highest BCUT2D eigenvalue weighted by molar-refractivity contribution is 9.10. The first-order valence-electron chi connectivity index (χ1n) is 5.89. The molecule has 0 bridgehead atoms. The number of hydrogen-bond acceptors (Lipinski definition) is 5. The Bertz CT molecular complexity index is 799. The maximum Gasteiger partial charge on any atom is 0.242 e. The van der Waals surface area contributed by atoms with E-state index in [0.717, 1.165) is 16.5 Å². The van der Waals surface area contributed by atoms with Crippen LogP contribution in [0, 0.1) is 0 Å². The normalized spacial score (nSPS) is 10.9. The van der Waals surface area contributed by atoms with E-state index in [2.05, 4.69) is 31.0 Å². The van der Waals surface area contributed by atoms with Crippen LogP contribution in [-0.2, 0) is 7.05 Å². The summed E-state index contributed by atoms with van der Waals surface area (Å²) in [6, 6.07) is 5.87. The van der Waals surface area contributed by atoms with Gasteiger partial charge in [0.15, 0.2) is 5.82 Å². The van der Waals surface area contributed by atoms with E-state index in [1.165, 1.54) is 0 Å². The fourth-order valence-corrected chi connectivity index (χ4v) is 2.30. The smallest absolute Gasteiger partial charge is 0.242 e. The van der Waals surface area contributed by atoms with Crippen LogP contribution in [0.3, 0.4) is 0 Å². The van der Waals surface area contributed by atoms with Gasteiger partial charge in [0.1, 0.15) is 10.3 Å². The number of nitrogen functional groups attached to an aromatic ring is 1. The number of aromatic nitrogens is 4. The molecular weight excluding hydrogens is 322 g/mol. The van der Waals surface area contributed by atoms with Gasteiger partial charge >= 0.3 is 0 Å². The lowest BCUT2D eigenvalue weighted by Gasteiger charge is -2.08. The number of benzene rings is 1. The molecule has 1 aromatic carbocycles. The highest BCUT2D eigenvalue weighted by atomic mass is 79.9. The first kappa shape index (κ1) is 12.9. The predicted octanol–water partition coefficient (Wildman–Crippen LogP) is 2.38. The lowest BCUT2D eigenvalue weighted by Crippen LogP contribution is -2.00. The Balaban J connectivity index is 2.21. The largest absolute Gasteiger partial charge is 0.479 e. The molecule has 3 aromatic rings. The first-order chi connectivity index (χ1) is 9.58. The van der Waals surface area contributed by atoms with Gasteiger partial charge < -0.3 is 10.5 Å². The number of halogens is 1. The molecule has 0 amide bonds. The molecule has 6 nitrogen and oxygen atoms in total. The molecule has 0 aliphatic heterocycles. The van der Waals surface area contributed by atoms with Crippen LogP contribution in [0.2, 0.25) is 0 Å². The molecule has 0 aliphatic carbocycles. The van der Waals surface area contributed by atoms with Gasteiger partial charge in [-0.25, -0.2) is 4.98 Å². The van der Waals surface area contributed by atoms with Crippen LogP contribution in [0.25, 0.3) is 22.2 Å². The molecule has 0 aliphatic rings. The average molecular weight is 334 g/mol. The Morgan fingerprint density at radius 1 is 1.30 bits per heavy atom. The highest BCUT2D eigenvalue weighted by Crippen LogP contribution is 2.31. The lowest BCUT2D eigenvalue weighted by atomic mass is 10.1. The zero-order valence-corrected chi connectivity index (χ0v) is 12.5. The Hall–Kier alpha value is -2.15. The van der Waals surface area contributed by atoms with Gasteiger partial charge in [-0.1, -0.05) is 6.07 Å². The van der Waals surface area contributed by atoms with E-state index >= 15 is 0 Å². The average Bonchev–Trinajstić information content (AvgIpc) is 2.80. The van der Waals surface area contributed by atoms with Crippen molar-refractivity contribution >= 4 is 32.7 Å². The molecule has 0 spiro atoms. The monoisotopic (exact) mass is 333 g/mol. The molecule has 7 heteroatoms. The van der Waals surface area contributed by atoms with Gasteiger partial charge in [0, 0.05) is 24.2 Å². The molecule has 0 fully saturated rings. The summed E-state index contributed by atoms with van der Waals surface area (Å²) in [7, 11) is 3.43. The summed E-state index contributed by atoms with van der Waals surface area (Å²) < 4.78 is 7.53. The number of anilines is 1. The van der Waals surface area contributed by atoms with Crippen molar-refractivity contribution in [1.29, 1.82) is 0 Å². The fourth-order valence-electron chi connectivity index (χ4n) is 2.04. The Labute approximate surface area is 123 Å². The number of methoxy groups -OCH3 is 1. The maximum atomic E-state index is 5.72. The van der Waals surface area contributed by atoms with Crippen LogP contribution in [0.1, 0.15) is 0 Å². The van der Waals surface area contributed by atoms with Gasteiger partial charge in [-0.2, -0.15) is 10.1 Å². The van der Waals surface area contributed by atoms with Crippen LogP contribution in [0.15, 0.2) is 29.0 Å². The SMILES string of the molecule is COc1nc(N)c(Br)nc1-c1ccc2nn(C)cc2c1. The van der Waals surface area contributed by atoms with Crippen LogP contribution in [0.5, 0.6) is 5.88 Å². The van der Waals surface area contributed by atoms with Gasteiger partial charge in [0.2, 0.25) is 5.88 Å². The summed E-state index contributed by atoms with van der Waals surface area (Å²) >= 11 is 3.29. The van der Waals surface area contributed by atoms with E-state index in [0.29, 0.717) is 22.0 Å². The molecule has 2 aromatic heterocycles. The molecule has 0 atom stereocenters. The summed E-state index contributed by atoms with van der Waals surface area (Å²) in [6.07, 6.45) is 1.95. The van der Waals surface area contributed by atoms with Crippen molar-refractivity contribution in [3.63, 3.8) is 0 Å². The van der Waals surface area contributed by atoms with Crippen molar-refractivity contribution in [2.75, 3.05) is 12.8 Å². The van der Waals surface area contributed by atoms with Crippen LogP contribution >= 0.6 is 15.9 Å². The molecule has 3 rings (SSSR count). The molecule has 0 unspecified atom stereocenters. The Kier molecular flexibility index (Phi) is 3.06. The molecule has 2 N–H and O–H groups in total. The first-order valence-corrected chi connectivity index (χ1v) is 6.68. The molecule has 0 saturated carbocycles. The molecule has 0 saturated heterocycles. The summed E-state index contributed by atoms with van der Waals surface area (Å²) in [5, 5.41) is 5.37. The molecule has 102 valence electrons. The van der Waals surface area contributed by atoms with Gasteiger partial charge in [-0.05, 0) is 28.1 Å². The number of fused-ring (bicyclic) bond motifs is 1. The van der Waals surface area contributed by atoms with Crippen molar-refractivity contribution in [1.82, 2.24) is 19.7 Å². The maximum absolute atomic E-state index is 5.72. The van der Waals surface area contributed by atoms with E-state index in [1.54, 1.807) is 11.8 Å². The van der Waals surface area contributed by atoms with Crippen molar-refractivity contribution in [2.24, 2.45) is 7.05 Å². The van der Waals surface area contributed by atoms with Gasteiger partial charge in [0.25, 0.3) is 0 Å². The quantitative estimate of drug-likeness (QED) is 0.778. The summed E-state index contributed by atoms with van der Waals surface area (Å²) in [6.45, 7) is 0. The van der Waals surface area contributed by atoms with Crippen LogP contribution in [0.4, 0.5) is 5.82 Å². The zero-order valence-electron chi connectivity index (χ0n) is 11.0. The van der Waals surface area contributed by atoms with Gasteiger partial charge in [-0.15, -0.1) is 0 Å². The summed E-state index contributed by atoms with van der Waals surface area (Å²) in [4.78, 5) is 8.58. The number of aryl methyl sites for hydroxylation is 1. The minimum absolute atomic E-state index is 0.299. The summed E-state index contributed by atoms with van der Waals surface area (Å²) in [5.74, 6) is 0.696. The molecule has 0 radical (unpaired) electrons. The number of nitrogens with zero attached hydrogens (tertiary/aromatic N) is 4. The van der Waals surface area contributed by atoms with E-state index in [4.69, 9.17) is 10.5 Å². The second kappa shape index (κ2) is 4.75. The van der Waals surface area contributed by atoms with Crippen molar-refractivity contribution in [2.45, 2.75) is 0 Å². The Morgan fingerprint density at radius 2 is 2.10 bits per heavy atom. The lowest BCUT2D eigenvalue weighted by molar-refractivity contribution is 0.398. The third kappa shape index (κ3) is 2.09. The topological polar surface area (TPSA) is 78.8 Å². The standard InChI is InChI=1S/C13H12BrN5O/c1-19-6-8-5-7(3-4-9(8)18-19)10-13(20-2)17-12(15)11(14)16-10/h3-6H,1-2H3,(H2,15,17). The van der Waals surface area contributed by atoms with Crippen molar-refractivity contribution in [3.05, 3.63) is 29.0 Å². The zero-order chi connectivity index (χ0) is 14.3. The second-order valence-electron chi connectivity index (χ2n) is 4.33. The van der Waals surface area contributed by atoms with Gasteiger partial charge in [-0.3, -0.25) is 4.68 Å². The number of rotatable bonds is 2. The number of ether oxygens (including phenoxy) is 1. The van der Waals surface area contributed by atoms with E-state index < -0.39 is 0 Å². The van der Waals surface area contributed by atoms with E-state index in [9.17, 15) is 0 Å². The van der Waals surface area contributed by atoms with Crippen molar-refractivity contribution < 1.29 is 4.74 Å². The second-order valence-corrected chi connectivity index (χ2v) is 5.09. The number of nitrogens with two attached hydrogens (primary N) is 1. The molecule has 2 heterocycles. The molecular formula is C13H12BrN5O. The minimum Gasteiger partial charge on any atom is -0.479 e. The van der Waals surface area contributed by atoms with Crippen LogP contribution < -0.4 is 10.5 Å². The van der Waals surface area contributed by atoms with Crippen LogP contribution in [-0.4, -0.2) is 26.9 Å². The highest BCUT2D eigenvalue weighted by Gasteiger charge is 2.14. The van der Waals surface area contributed by atoms with Gasteiger partial charge in [0.05, 0.1) is 12.6 Å². The minimum atomic E-state index is 0.299. The van der Waals surface area contributed by atoms with E-state index in [1.807, 2.05) is 31.4 Å². The summed E-state index contributed by atoms with van der Waals surface area (Å²) in [5.41, 5.74) is 8.19. The predicted molar refractivity (Wildman–Crippen MR) is 80.4 cm³/mol. The third-order valence-electron chi connectivity index (χ3n) is 2.93. The number of hydrogen-bond donors (Lipinski definition) is 1. The fraction of sp³-hybridized carbons (Fsp3) is 0.154. The third-order valence-corrected chi connectivity index (χ3v) is 3.52. The Morgan fingerprint density at radius 3 is 2.85 bits per heavy atom.